The van der Waals surface area contributed by atoms with Crippen molar-refractivity contribution in [1.82, 2.24) is 0 Å². The van der Waals surface area contributed by atoms with Gasteiger partial charge >= 0.3 is 0 Å². The average Bonchev–Trinajstić information content (AvgIpc) is 2.25. The van der Waals surface area contributed by atoms with Crippen LogP contribution in [0.1, 0.15) is 84.0 Å². The second-order valence-electron chi connectivity index (χ2n) is 4.75. The highest BCUT2D eigenvalue weighted by molar-refractivity contribution is 5.85. The second kappa shape index (κ2) is 15.8. The smallest absolute Gasteiger partial charge is 0.217 e. The summed E-state index contributed by atoms with van der Waals surface area (Å²) in [5.41, 5.74) is 5.07. The fourth-order valence-corrected chi connectivity index (χ4v) is 1.96. The Labute approximate surface area is 113 Å². The number of carbonyl (C=O) groups is 1. The van der Waals surface area contributed by atoms with Gasteiger partial charge < -0.3 is 5.73 Å². The molecule has 0 aliphatic heterocycles. The van der Waals surface area contributed by atoms with Gasteiger partial charge in [0.1, 0.15) is 0 Å². The molecule has 0 saturated heterocycles. The predicted octanol–water partition coefficient (Wildman–Crippen LogP) is 4.59. The molecule has 0 bridgehead atoms. The van der Waals surface area contributed by atoms with E-state index >= 15 is 0 Å². The van der Waals surface area contributed by atoms with Gasteiger partial charge in [0.25, 0.3) is 0 Å². The number of hydrogen-bond acceptors (Lipinski definition) is 1. The Hall–Kier alpha value is -0.240. The van der Waals surface area contributed by atoms with Crippen LogP contribution in [0.25, 0.3) is 0 Å². The van der Waals surface area contributed by atoms with Crippen LogP contribution < -0.4 is 5.73 Å². The summed E-state index contributed by atoms with van der Waals surface area (Å²) in [6.07, 6.45) is 15.0. The molecule has 0 aromatic rings. The van der Waals surface area contributed by atoms with Gasteiger partial charge in [0.05, 0.1) is 0 Å². The Balaban J connectivity index is 0. The topological polar surface area (TPSA) is 43.1 Å². The first-order valence-electron chi connectivity index (χ1n) is 7.05. The maximum Gasteiger partial charge on any atom is 0.217 e. The van der Waals surface area contributed by atoms with E-state index in [4.69, 9.17) is 5.73 Å². The zero-order valence-corrected chi connectivity index (χ0v) is 12.2. The minimum absolute atomic E-state index is 0. The Morgan fingerprint density at radius 2 is 1.12 bits per heavy atom. The van der Waals surface area contributed by atoms with Crippen LogP contribution in [0, 0.1) is 0 Å². The number of rotatable bonds is 12. The van der Waals surface area contributed by atoms with Gasteiger partial charge in [-0.3, -0.25) is 4.79 Å². The first-order chi connectivity index (χ1) is 7.77. The number of amides is 1. The van der Waals surface area contributed by atoms with E-state index in [1.54, 1.807) is 0 Å². The number of hydrogen-bond donors (Lipinski definition) is 1. The van der Waals surface area contributed by atoms with E-state index in [1.165, 1.54) is 64.2 Å². The van der Waals surface area contributed by atoms with Gasteiger partial charge in [-0.1, -0.05) is 71.1 Å². The summed E-state index contributed by atoms with van der Waals surface area (Å²) in [5, 5.41) is 0. The first kappa shape index (κ1) is 19.1. The maximum atomic E-state index is 10.5. The quantitative estimate of drug-likeness (QED) is 0.514. The molecule has 0 aromatic carbocycles. The largest absolute Gasteiger partial charge is 0.370 e. The monoisotopic (exact) mass is 263 g/mol. The zero-order valence-electron chi connectivity index (χ0n) is 11.4. The maximum absolute atomic E-state index is 10.5. The van der Waals surface area contributed by atoms with Crippen molar-refractivity contribution < 1.29 is 4.79 Å². The van der Waals surface area contributed by atoms with Crippen LogP contribution in [0.3, 0.4) is 0 Å². The van der Waals surface area contributed by atoms with Crippen molar-refractivity contribution in [1.29, 1.82) is 0 Å². The van der Waals surface area contributed by atoms with E-state index in [-0.39, 0.29) is 18.3 Å². The number of primary amides is 1. The van der Waals surface area contributed by atoms with Gasteiger partial charge in [-0.05, 0) is 6.42 Å². The molecule has 0 fully saturated rings. The molecular formula is C14H30ClNO. The highest BCUT2D eigenvalue weighted by atomic mass is 35.5. The number of halogens is 1. The first-order valence-corrected chi connectivity index (χ1v) is 7.05. The third-order valence-electron chi connectivity index (χ3n) is 3.03. The van der Waals surface area contributed by atoms with E-state index in [0.717, 1.165) is 6.42 Å². The minimum Gasteiger partial charge on any atom is -0.370 e. The third-order valence-corrected chi connectivity index (χ3v) is 3.03. The number of nitrogens with two attached hydrogens (primary N) is 1. The van der Waals surface area contributed by atoms with Crippen molar-refractivity contribution in [2.24, 2.45) is 5.73 Å². The molecule has 0 aliphatic rings. The van der Waals surface area contributed by atoms with E-state index in [0.29, 0.717) is 6.42 Å². The molecule has 0 aromatic heterocycles. The van der Waals surface area contributed by atoms with Gasteiger partial charge in [0, 0.05) is 6.42 Å². The van der Waals surface area contributed by atoms with Crippen LogP contribution in [0.4, 0.5) is 0 Å². The average molecular weight is 264 g/mol. The number of unbranched alkanes of at least 4 members (excludes halogenated alkanes) is 10. The Kier molecular flexibility index (Phi) is 17.7. The normalized spacial score (nSPS) is 9.94. The van der Waals surface area contributed by atoms with Gasteiger partial charge in [-0.15, -0.1) is 12.4 Å². The van der Waals surface area contributed by atoms with Crippen LogP contribution in [-0.2, 0) is 4.79 Å². The van der Waals surface area contributed by atoms with Crippen molar-refractivity contribution in [3.05, 3.63) is 0 Å². The van der Waals surface area contributed by atoms with Gasteiger partial charge in [-0.25, -0.2) is 0 Å². The lowest BCUT2D eigenvalue weighted by molar-refractivity contribution is -0.118. The molecule has 0 aliphatic carbocycles. The van der Waals surface area contributed by atoms with Crippen molar-refractivity contribution in [2.45, 2.75) is 84.0 Å². The summed E-state index contributed by atoms with van der Waals surface area (Å²) in [6.45, 7) is 2.26. The minimum atomic E-state index is -0.157. The number of carbonyl (C=O) groups excluding carboxylic acids is 1. The molecule has 0 rings (SSSR count). The van der Waals surface area contributed by atoms with E-state index in [9.17, 15) is 4.79 Å². The molecule has 0 unspecified atom stereocenters. The van der Waals surface area contributed by atoms with Crippen molar-refractivity contribution in [3.63, 3.8) is 0 Å². The lowest BCUT2D eigenvalue weighted by atomic mass is 10.1. The summed E-state index contributed by atoms with van der Waals surface area (Å²) < 4.78 is 0. The molecule has 2 nitrogen and oxygen atoms in total. The molecule has 0 heterocycles. The lowest BCUT2D eigenvalue weighted by Crippen LogP contribution is -2.09. The van der Waals surface area contributed by atoms with Crippen LogP contribution in [0.2, 0.25) is 0 Å². The Bertz CT molecular complexity index is 162. The highest BCUT2D eigenvalue weighted by Gasteiger charge is 1.95. The van der Waals surface area contributed by atoms with Gasteiger partial charge in [0.15, 0.2) is 0 Å². The second-order valence-corrected chi connectivity index (χ2v) is 4.75. The van der Waals surface area contributed by atoms with Crippen molar-refractivity contribution in [3.8, 4) is 0 Å². The summed E-state index contributed by atoms with van der Waals surface area (Å²) in [7, 11) is 0. The summed E-state index contributed by atoms with van der Waals surface area (Å²) in [5.74, 6) is -0.157. The molecule has 104 valence electrons. The third kappa shape index (κ3) is 18.3. The zero-order chi connectivity index (χ0) is 12.1. The molecule has 0 atom stereocenters. The lowest BCUT2D eigenvalue weighted by Gasteiger charge is -2.01. The van der Waals surface area contributed by atoms with Crippen molar-refractivity contribution in [2.75, 3.05) is 0 Å². The van der Waals surface area contributed by atoms with Gasteiger partial charge in [0.2, 0.25) is 5.91 Å². The fraction of sp³-hybridized carbons (Fsp3) is 0.929. The molecule has 0 radical (unpaired) electrons. The molecule has 0 saturated carbocycles. The van der Waals surface area contributed by atoms with Gasteiger partial charge in [-0.2, -0.15) is 0 Å². The predicted molar refractivity (Wildman–Crippen MR) is 77.5 cm³/mol. The molecule has 3 heteroatoms. The molecule has 2 N–H and O–H groups in total. The van der Waals surface area contributed by atoms with Crippen LogP contribution in [0.5, 0.6) is 0 Å². The van der Waals surface area contributed by atoms with E-state index < -0.39 is 0 Å². The summed E-state index contributed by atoms with van der Waals surface area (Å²) in [6, 6.07) is 0. The fourth-order valence-electron chi connectivity index (χ4n) is 1.96. The standard InChI is InChI=1S/C14H29NO.ClH/c1-2-3-4-5-6-7-8-9-10-11-12-13-14(15)16;/h2-13H2,1H3,(H2,15,16);1H. The molecule has 0 spiro atoms. The molecular weight excluding hydrogens is 234 g/mol. The molecule has 17 heavy (non-hydrogen) atoms. The van der Waals surface area contributed by atoms with Crippen LogP contribution >= 0.6 is 12.4 Å². The Morgan fingerprint density at radius 1 is 0.765 bits per heavy atom. The molecule has 1 amide bonds. The van der Waals surface area contributed by atoms with Crippen molar-refractivity contribution >= 4 is 18.3 Å². The van der Waals surface area contributed by atoms with Crippen LogP contribution in [0.15, 0.2) is 0 Å². The summed E-state index contributed by atoms with van der Waals surface area (Å²) in [4.78, 5) is 10.5. The highest BCUT2D eigenvalue weighted by Crippen LogP contribution is 2.11. The summed E-state index contributed by atoms with van der Waals surface area (Å²) >= 11 is 0. The Morgan fingerprint density at radius 3 is 1.47 bits per heavy atom. The van der Waals surface area contributed by atoms with E-state index in [2.05, 4.69) is 6.92 Å². The van der Waals surface area contributed by atoms with E-state index in [1.807, 2.05) is 0 Å². The van der Waals surface area contributed by atoms with Crippen LogP contribution in [-0.4, -0.2) is 5.91 Å². The SMILES string of the molecule is CCCCCCCCCCCCCC(N)=O.Cl.